The lowest BCUT2D eigenvalue weighted by atomic mass is 10.1. The number of aromatic nitrogens is 2. The summed E-state index contributed by atoms with van der Waals surface area (Å²) in [5, 5.41) is 14.6. The van der Waals surface area contributed by atoms with Crippen molar-refractivity contribution < 1.29 is 9.59 Å². The van der Waals surface area contributed by atoms with Gasteiger partial charge in [0.1, 0.15) is 5.01 Å². The van der Waals surface area contributed by atoms with Gasteiger partial charge < -0.3 is 16.4 Å². The summed E-state index contributed by atoms with van der Waals surface area (Å²) in [4.78, 5) is 23.8. The Hall–Kier alpha value is -2.19. The molecule has 0 aliphatic heterocycles. The molecule has 0 bridgehead atoms. The molecule has 0 unspecified atom stereocenters. The lowest BCUT2D eigenvalue weighted by molar-refractivity contribution is -0.115. The highest BCUT2D eigenvalue weighted by molar-refractivity contribution is 7.15. The summed E-state index contributed by atoms with van der Waals surface area (Å²) in [6, 6.07) is 4.73. The number of carbonyl (C=O) groups excluding carboxylic acids is 2. The molecule has 0 saturated carbocycles. The number of hydrogen-bond donors (Lipinski definition) is 3. The van der Waals surface area contributed by atoms with Gasteiger partial charge in [-0.15, -0.1) is 10.2 Å². The Balaban J connectivity index is 2.01. The van der Waals surface area contributed by atoms with Gasteiger partial charge in [0.15, 0.2) is 0 Å². The van der Waals surface area contributed by atoms with Crippen LogP contribution in [-0.2, 0) is 11.2 Å². The number of nitrogens with two attached hydrogens (primary N) is 1. The fourth-order valence-electron chi connectivity index (χ4n) is 1.80. The second kappa shape index (κ2) is 7.89. The number of amides is 2. The van der Waals surface area contributed by atoms with Crippen LogP contribution in [-0.4, -0.2) is 28.6 Å². The number of halogens is 1. The zero-order valence-corrected chi connectivity index (χ0v) is 14.0. The highest BCUT2D eigenvalue weighted by Gasteiger charge is 2.13. The van der Waals surface area contributed by atoms with Crippen LogP contribution in [0.1, 0.15) is 28.7 Å². The van der Waals surface area contributed by atoms with Crippen molar-refractivity contribution in [1.29, 1.82) is 0 Å². The quantitative estimate of drug-likeness (QED) is 0.736. The second-order valence-corrected chi connectivity index (χ2v) is 6.16. The van der Waals surface area contributed by atoms with E-state index in [-0.39, 0.29) is 11.8 Å². The monoisotopic (exact) mass is 353 g/mol. The largest absolute Gasteiger partial charge is 0.374 e. The van der Waals surface area contributed by atoms with E-state index in [0.29, 0.717) is 40.8 Å². The van der Waals surface area contributed by atoms with Crippen molar-refractivity contribution in [1.82, 2.24) is 15.5 Å². The Labute approximate surface area is 142 Å². The van der Waals surface area contributed by atoms with Crippen LogP contribution in [0, 0.1) is 0 Å². The predicted molar refractivity (Wildman–Crippen MR) is 90.7 cm³/mol. The smallest absolute Gasteiger partial charge is 0.253 e. The van der Waals surface area contributed by atoms with E-state index in [4.69, 9.17) is 17.3 Å². The maximum absolute atomic E-state index is 12.3. The fourth-order valence-corrected chi connectivity index (χ4v) is 2.58. The molecule has 0 radical (unpaired) electrons. The zero-order valence-electron chi connectivity index (χ0n) is 12.4. The Morgan fingerprint density at radius 3 is 2.78 bits per heavy atom. The van der Waals surface area contributed by atoms with Crippen molar-refractivity contribution in [3.63, 3.8) is 0 Å². The molecule has 2 rings (SSSR count). The van der Waals surface area contributed by atoms with Gasteiger partial charge in [0.2, 0.25) is 11.0 Å². The molecule has 0 aliphatic rings. The molecule has 23 heavy (non-hydrogen) atoms. The molecule has 122 valence electrons. The standard InChI is InChI=1S/C14H16ClN5O2S/c1-2-11(21)18-10-7-8(15)3-4-9(10)13(22)17-6-5-12-19-20-14(16)23-12/h3-4,7H,2,5-6H2,1H3,(H2,16,20)(H,17,22)(H,18,21). The highest BCUT2D eigenvalue weighted by atomic mass is 35.5. The number of anilines is 2. The molecular formula is C14H16ClN5O2S. The van der Waals surface area contributed by atoms with Gasteiger partial charge in [-0.05, 0) is 18.2 Å². The molecule has 0 saturated heterocycles. The van der Waals surface area contributed by atoms with Crippen molar-refractivity contribution in [2.24, 2.45) is 0 Å². The van der Waals surface area contributed by atoms with Gasteiger partial charge >= 0.3 is 0 Å². The first kappa shape index (κ1) is 17.2. The van der Waals surface area contributed by atoms with Crippen LogP contribution >= 0.6 is 22.9 Å². The number of benzene rings is 1. The van der Waals surface area contributed by atoms with E-state index in [1.54, 1.807) is 25.1 Å². The first-order valence-electron chi connectivity index (χ1n) is 6.95. The lowest BCUT2D eigenvalue weighted by Gasteiger charge is -2.11. The third-order valence-corrected chi connectivity index (χ3v) is 3.98. The third kappa shape index (κ3) is 4.90. The van der Waals surface area contributed by atoms with Crippen LogP contribution in [0.2, 0.25) is 5.02 Å². The molecule has 2 aromatic rings. The van der Waals surface area contributed by atoms with Crippen molar-refractivity contribution in [3.05, 3.63) is 33.8 Å². The van der Waals surface area contributed by atoms with Gasteiger partial charge in [-0.3, -0.25) is 9.59 Å². The van der Waals surface area contributed by atoms with E-state index < -0.39 is 0 Å². The number of nitrogens with zero attached hydrogens (tertiary/aromatic N) is 2. The molecule has 0 spiro atoms. The average Bonchev–Trinajstić information content (AvgIpc) is 2.92. The Bertz CT molecular complexity index is 719. The first-order valence-corrected chi connectivity index (χ1v) is 8.14. The Kier molecular flexibility index (Phi) is 5.89. The van der Waals surface area contributed by atoms with Crippen molar-refractivity contribution in [2.45, 2.75) is 19.8 Å². The highest BCUT2D eigenvalue weighted by Crippen LogP contribution is 2.21. The van der Waals surface area contributed by atoms with Gasteiger partial charge in [-0.2, -0.15) is 0 Å². The molecular weight excluding hydrogens is 338 g/mol. The summed E-state index contributed by atoms with van der Waals surface area (Å²) < 4.78 is 0. The molecule has 7 nitrogen and oxygen atoms in total. The summed E-state index contributed by atoms with van der Waals surface area (Å²) in [6.45, 7) is 2.12. The fraction of sp³-hybridized carbons (Fsp3) is 0.286. The molecule has 2 amide bonds. The van der Waals surface area contributed by atoms with E-state index in [9.17, 15) is 9.59 Å². The second-order valence-electron chi connectivity index (χ2n) is 4.63. The number of nitrogen functional groups attached to an aromatic ring is 1. The minimum Gasteiger partial charge on any atom is -0.374 e. The van der Waals surface area contributed by atoms with E-state index in [1.165, 1.54) is 11.3 Å². The van der Waals surface area contributed by atoms with Crippen LogP contribution in [0.15, 0.2) is 18.2 Å². The SMILES string of the molecule is CCC(=O)Nc1cc(Cl)ccc1C(=O)NCCc1nnc(N)s1. The van der Waals surface area contributed by atoms with E-state index in [1.807, 2.05) is 0 Å². The van der Waals surface area contributed by atoms with Crippen molar-refractivity contribution >= 4 is 45.6 Å². The van der Waals surface area contributed by atoms with Gasteiger partial charge in [0, 0.05) is 24.4 Å². The molecule has 0 aliphatic carbocycles. The van der Waals surface area contributed by atoms with Gasteiger partial charge in [-0.25, -0.2) is 0 Å². The number of nitrogens with one attached hydrogen (secondary N) is 2. The van der Waals surface area contributed by atoms with Crippen LogP contribution in [0.5, 0.6) is 0 Å². The minimum atomic E-state index is -0.300. The molecule has 1 aromatic heterocycles. The van der Waals surface area contributed by atoms with E-state index >= 15 is 0 Å². The maximum Gasteiger partial charge on any atom is 0.253 e. The summed E-state index contributed by atoms with van der Waals surface area (Å²) in [5.41, 5.74) is 6.24. The first-order chi connectivity index (χ1) is 11.0. The molecule has 1 aromatic carbocycles. The zero-order chi connectivity index (χ0) is 16.8. The number of rotatable bonds is 6. The predicted octanol–water partition coefficient (Wildman–Crippen LogP) is 2.09. The van der Waals surface area contributed by atoms with Gasteiger partial charge in [0.25, 0.3) is 5.91 Å². The Morgan fingerprint density at radius 2 is 2.13 bits per heavy atom. The molecule has 1 heterocycles. The van der Waals surface area contributed by atoms with Gasteiger partial charge in [0.05, 0.1) is 11.3 Å². The van der Waals surface area contributed by atoms with Crippen LogP contribution in [0.25, 0.3) is 0 Å². The third-order valence-electron chi connectivity index (χ3n) is 2.93. The van der Waals surface area contributed by atoms with Crippen molar-refractivity contribution in [3.8, 4) is 0 Å². The molecule has 0 atom stereocenters. The summed E-state index contributed by atoms with van der Waals surface area (Å²) in [6.07, 6.45) is 0.844. The van der Waals surface area contributed by atoms with Gasteiger partial charge in [-0.1, -0.05) is 29.9 Å². The number of carbonyl (C=O) groups is 2. The van der Waals surface area contributed by atoms with E-state index in [2.05, 4.69) is 20.8 Å². The van der Waals surface area contributed by atoms with Crippen LogP contribution in [0.3, 0.4) is 0 Å². The van der Waals surface area contributed by atoms with Crippen LogP contribution < -0.4 is 16.4 Å². The topological polar surface area (TPSA) is 110 Å². The summed E-state index contributed by atoms with van der Waals surface area (Å²) in [7, 11) is 0. The molecule has 4 N–H and O–H groups in total. The van der Waals surface area contributed by atoms with Crippen LogP contribution in [0.4, 0.5) is 10.8 Å². The summed E-state index contributed by atoms with van der Waals surface area (Å²) >= 11 is 7.21. The number of hydrogen-bond acceptors (Lipinski definition) is 6. The minimum absolute atomic E-state index is 0.189. The van der Waals surface area contributed by atoms with E-state index in [0.717, 1.165) is 5.01 Å². The normalized spacial score (nSPS) is 10.3. The lowest BCUT2D eigenvalue weighted by Crippen LogP contribution is -2.27. The Morgan fingerprint density at radius 1 is 1.35 bits per heavy atom. The molecule has 0 fully saturated rings. The average molecular weight is 354 g/mol. The maximum atomic E-state index is 12.3. The van der Waals surface area contributed by atoms with Crippen molar-refractivity contribution in [2.75, 3.05) is 17.6 Å². The molecule has 9 heteroatoms. The summed E-state index contributed by atoms with van der Waals surface area (Å²) in [5.74, 6) is -0.490.